The molecule has 0 aromatic rings. The van der Waals surface area contributed by atoms with Gasteiger partial charge in [-0.25, -0.2) is 0 Å². The average molecular weight is 318 g/mol. The van der Waals surface area contributed by atoms with E-state index in [-0.39, 0.29) is 29.6 Å². The van der Waals surface area contributed by atoms with Gasteiger partial charge in [-0.2, -0.15) is 0 Å². The number of Topliss-reactive ketones (excluding diaryl/α,β-unsaturated/α-hetero) is 1. The summed E-state index contributed by atoms with van der Waals surface area (Å²) in [4.78, 5) is 32.5. The Balaban J connectivity index is 0. The number of hydrogen-bond donors (Lipinski definition) is 7. The Morgan fingerprint density at radius 2 is 1.57 bits per heavy atom. The van der Waals surface area contributed by atoms with E-state index in [1.54, 1.807) is 0 Å². The first-order valence-corrected chi connectivity index (χ1v) is 5.56. The molecule has 0 fully saturated rings. The maximum atomic E-state index is 11.4. The van der Waals surface area contributed by atoms with Crippen LogP contribution in [-0.4, -0.2) is 115 Å². The molecule has 0 aliphatic rings. The van der Waals surface area contributed by atoms with Gasteiger partial charge in [-0.1, -0.05) is 0 Å². The summed E-state index contributed by atoms with van der Waals surface area (Å²) in [6.07, 6.45) is -6.48. The van der Waals surface area contributed by atoms with Gasteiger partial charge < -0.3 is 30.6 Å². The van der Waals surface area contributed by atoms with Gasteiger partial charge in [-0.05, 0) is 0 Å². The third-order valence-electron chi connectivity index (χ3n) is 2.43. The molecule has 4 atom stereocenters. The first-order valence-electron chi connectivity index (χ1n) is 5.56. The van der Waals surface area contributed by atoms with Crippen LogP contribution in [0.4, 0.5) is 0 Å². The number of aliphatic hydroxyl groups excluding tert-OH is 4. The fraction of sp³-hybridized carbons (Fsp3) is 0.700. The van der Waals surface area contributed by atoms with Crippen LogP contribution in [0.15, 0.2) is 0 Å². The molecule has 0 rings (SSSR count). The van der Waals surface area contributed by atoms with Gasteiger partial charge in [0.05, 0.1) is 19.6 Å². The van der Waals surface area contributed by atoms with Crippen molar-refractivity contribution in [2.75, 3.05) is 13.2 Å². The number of aliphatic hydroxyl groups is 4. The molecule has 0 spiro atoms. The van der Waals surface area contributed by atoms with Crippen LogP contribution in [0, 0.1) is 0 Å². The van der Waals surface area contributed by atoms with E-state index in [9.17, 15) is 24.6 Å². The van der Waals surface area contributed by atoms with Crippen LogP contribution >= 0.6 is 0 Å². The van der Waals surface area contributed by atoms with Gasteiger partial charge in [0.25, 0.3) is 0 Å². The number of carboxylic acids is 2. The number of nitrogens with one attached hydrogen (secondary N) is 1. The van der Waals surface area contributed by atoms with Gasteiger partial charge in [0.2, 0.25) is 0 Å². The summed E-state index contributed by atoms with van der Waals surface area (Å²) in [6, 6.07) is -1.54. The predicted molar refractivity (Wildman–Crippen MR) is 67.5 cm³/mol. The molecule has 0 aliphatic carbocycles. The summed E-state index contributed by atoms with van der Waals surface area (Å²) in [5.41, 5.74) is 0. The molecule has 0 saturated heterocycles. The first-order chi connectivity index (χ1) is 9.20. The fourth-order valence-corrected chi connectivity index (χ4v) is 1.26. The molecule has 21 heavy (non-hydrogen) atoms. The minimum absolute atomic E-state index is 0. The second-order valence-electron chi connectivity index (χ2n) is 4.02. The Morgan fingerprint density at radius 3 is 1.95 bits per heavy atom. The molecule has 0 heterocycles. The molecule has 11 heteroatoms. The number of ketones is 1. The standard InChI is InChI=1S/C10H17NO9.Na/c12-3-6(14)9(18)8(17)5(13)2-11-4(10(19)20)1-7(15)16;/h4,6,8-9,11-12,14,17-18H,1-3H2,(H,15,16)(H,19,20);/t4-,6+,8+,9+;/m0./s1. The van der Waals surface area contributed by atoms with E-state index >= 15 is 0 Å². The Kier molecular flexibility index (Phi) is 11.9. The van der Waals surface area contributed by atoms with Crippen LogP contribution in [0.1, 0.15) is 6.42 Å². The molecular formula is C10H17NNaO9. The number of carbonyl (C=O) groups is 3. The second-order valence-corrected chi connectivity index (χ2v) is 4.02. The van der Waals surface area contributed by atoms with Gasteiger partial charge in [0.1, 0.15) is 24.4 Å². The van der Waals surface area contributed by atoms with Crippen LogP contribution in [0.5, 0.6) is 0 Å². The summed E-state index contributed by atoms with van der Waals surface area (Å²) in [6.45, 7) is -1.60. The Labute approximate surface area is 141 Å². The zero-order chi connectivity index (χ0) is 15.9. The van der Waals surface area contributed by atoms with Crippen molar-refractivity contribution in [3.8, 4) is 0 Å². The zero-order valence-electron chi connectivity index (χ0n) is 11.3. The largest absolute Gasteiger partial charge is 0.481 e. The van der Waals surface area contributed by atoms with Crippen molar-refractivity contribution in [2.45, 2.75) is 30.8 Å². The van der Waals surface area contributed by atoms with Gasteiger partial charge in [0.15, 0.2) is 5.78 Å². The molecule has 0 bridgehead atoms. The molecule has 1 radical (unpaired) electrons. The molecule has 0 saturated carbocycles. The normalized spacial score (nSPS) is 16.2. The summed E-state index contributed by atoms with van der Waals surface area (Å²) >= 11 is 0. The summed E-state index contributed by atoms with van der Waals surface area (Å²) in [5, 5.41) is 55.4. The number of carbonyl (C=O) groups excluding carboxylic acids is 1. The molecule has 7 N–H and O–H groups in total. The van der Waals surface area contributed by atoms with Crippen LogP contribution < -0.4 is 5.32 Å². The smallest absolute Gasteiger partial charge is 0.321 e. The van der Waals surface area contributed by atoms with Crippen molar-refractivity contribution in [3.63, 3.8) is 0 Å². The number of hydrogen-bond acceptors (Lipinski definition) is 8. The van der Waals surface area contributed by atoms with Gasteiger partial charge in [0, 0.05) is 29.6 Å². The van der Waals surface area contributed by atoms with E-state index in [1.807, 2.05) is 0 Å². The molecule has 0 aliphatic heterocycles. The van der Waals surface area contributed by atoms with Crippen LogP contribution in [0.2, 0.25) is 0 Å². The Morgan fingerprint density at radius 1 is 1.05 bits per heavy atom. The maximum absolute atomic E-state index is 11.4. The van der Waals surface area contributed by atoms with E-state index in [2.05, 4.69) is 5.32 Å². The first kappa shape index (κ1) is 22.7. The van der Waals surface area contributed by atoms with E-state index in [1.165, 1.54) is 0 Å². The van der Waals surface area contributed by atoms with Gasteiger partial charge in [-0.15, -0.1) is 0 Å². The van der Waals surface area contributed by atoms with E-state index in [0.29, 0.717) is 0 Å². The number of aliphatic carboxylic acids is 2. The van der Waals surface area contributed by atoms with Crippen LogP contribution in [0.3, 0.4) is 0 Å². The van der Waals surface area contributed by atoms with Crippen molar-refractivity contribution in [1.82, 2.24) is 5.32 Å². The zero-order valence-corrected chi connectivity index (χ0v) is 13.3. The van der Waals surface area contributed by atoms with E-state index in [4.69, 9.17) is 20.4 Å². The Hall–Kier alpha value is -0.590. The molecule has 0 unspecified atom stereocenters. The van der Waals surface area contributed by atoms with Crippen molar-refractivity contribution in [2.24, 2.45) is 0 Å². The van der Waals surface area contributed by atoms with E-state index < -0.39 is 61.6 Å². The van der Waals surface area contributed by atoms with Crippen molar-refractivity contribution in [1.29, 1.82) is 0 Å². The van der Waals surface area contributed by atoms with Gasteiger partial charge in [-0.3, -0.25) is 19.7 Å². The minimum atomic E-state index is -2.04. The summed E-state index contributed by atoms with van der Waals surface area (Å²) in [7, 11) is 0. The predicted octanol–water partition coefficient (Wildman–Crippen LogP) is -4.23. The topological polar surface area (TPSA) is 185 Å². The second kappa shape index (κ2) is 11.0. The van der Waals surface area contributed by atoms with Crippen LogP contribution in [-0.2, 0) is 14.4 Å². The minimum Gasteiger partial charge on any atom is -0.481 e. The number of carboxylic acid groups (broad SMARTS) is 2. The third kappa shape index (κ3) is 8.44. The number of rotatable bonds is 10. The SMILES string of the molecule is O=C(O)C[C@H](NCC(=O)[C@@H](O)[C@H](O)[C@H](O)CO)C(=O)O.[Na]. The molecular weight excluding hydrogens is 301 g/mol. The summed E-state index contributed by atoms with van der Waals surface area (Å²) < 4.78 is 0. The third-order valence-corrected chi connectivity index (χ3v) is 2.43. The van der Waals surface area contributed by atoms with Crippen molar-refractivity contribution in [3.05, 3.63) is 0 Å². The van der Waals surface area contributed by atoms with Crippen molar-refractivity contribution >= 4 is 47.3 Å². The van der Waals surface area contributed by atoms with Gasteiger partial charge >= 0.3 is 11.9 Å². The van der Waals surface area contributed by atoms with Crippen LogP contribution in [0.25, 0.3) is 0 Å². The molecule has 0 aromatic heterocycles. The molecule has 117 valence electrons. The molecule has 0 aromatic carbocycles. The summed E-state index contributed by atoms with van der Waals surface area (Å²) in [5.74, 6) is -3.94. The maximum Gasteiger partial charge on any atom is 0.321 e. The molecule has 0 amide bonds. The Bertz CT molecular complexity index is 364. The monoisotopic (exact) mass is 318 g/mol. The van der Waals surface area contributed by atoms with E-state index in [0.717, 1.165) is 0 Å². The fourth-order valence-electron chi connectivity index (χ4n) is 1.26. The van der Waals surface area contributed by atoms with Crippen molar-refractivity contribution < 1.29 is 45.0 Å². The quantitative estimate of drug-likeness (QED) is 0.195. The molecule has 10 nitrogen and oxygen atoms in total. The average Bonchev–Trinajstić information content (AvgIpc) is 2.39.